The highest BCUT2D eigenvalue weighted by Gasteiger charge is 2.18. The van der Waals surface area contributed by atoms with Gasteiger partial charge in [-0.3, -0.25) is 9.89 Å². The number of hydrogen-bond donors (Lipinski definition) is 3. The number of nitrogens with zero attached hydrogens (tertiary/aromatic N) is 1. The van der Waals surface area contributed by atoms with Gasteiger partial charge in [-0.15, -0.1) is 0 Å². The van der Waals surface area contributed by atoms with E-state index in [2.05, 4.69) is 20.8 Å². The zero-order valence-corrected chi connectivity index (χ0v) is 13.7. The van der Waals surface area contributed by atoms with Gasteiger partial charge in [-0.2, -0.15) is 5.10 Å². The maximum atomic E-state index is 12.2. The number of benzene rings is 1. The number of carbonyl (C=O) groups excluding carboxylic acids is 1. The Morgan fingerprint density at radius 2 is 2.25 bits per heavy atom. The van der Waals surface area contributed by atoms with Crippen LogP contribution in [-0.2, 0) is 6.61 Å². The van der Waals surface area contributed by atoms with Crippen molar-refractivity contribution in [2.24, 2.45) is 0 Å². The second-order valence-corrected chi connectivity index (χ2v) is 5.76. The van der Waals surface area contributed by atoms with Gasteiger partial charge in [0.2, 0.25) is 0 Å². The van der Waals surface area contributed by atoms with E-state index in [1.165, 1.54) is 0 Å². The molecule has 1 saturated heterocycles. The van der Waals surface area contributed by atoms with E-state index in [1.54, 1.807) is 19.2 Å². The average Bonchev–Trinajstić information content (AvgIpc) is 3.10. The maximum absolute atomic E-state index is 12.2. The predicted octanol–water partition coefficient (Wildman–Crippen LogP) is 1.48. The standard InChI is InChI=1S/C17H22N4O3/c1-23-14-5-2-6-15(9-14)24-11-13-8-16(21-20-13)17(22)19-12-4-3-7-18-10-12/h2,5-6,8-9,12,18H,3-4,7,10-11H2,1H3,(H,19,22)(H,20,21)/t12-/m1/s1. The molecule has 2 heterocycles. The molecule has 3 rings (SSSR count). The molecule has 0 unspecified atom stereocenters. The largest absolute Gasteiger partial charge is 0.497 e. The van der Waals surface area contributed by atoms with Crippen molar-refractivity contribution in [1.82, 2.24) is 20.8 Å². The molecule has 0 radical (unpaired) electrons. The van der Waals surface area contributed by atoms with E-state index in [0.29, 0.717) is 18.1 Å². The highest BCUT2D eigenvalue weighted by Crippen LogP contribution is 2.19. The van der Waals surface area contributed by atoms with E-state index in [0.717, 1.165) is 37.4 Å². The summed E-state index contributed by atoms with van der Waals surface area (Å²) in [5.74, 6) is 1.27. The van der Waals surface area contributed by atoms with Crippen LogP contribution >= 0.6 is 0 Å². The minimum absolute atomic E-state index is 0.160. The number of aromatic amines is 1. The van der Waals surface area contributed by atoms with Gasteiger partial charge in [0.25, 0.3) is 5.91 Å². The SMILES string of the molecule is COc1cccc(OCc2cc(C(=O)N[C@@H]3CCCNC3)n[nH]2)c1. The Morgan fingerprint density at radius 3 is 3.04 bits per heavy atom. The highest BCUT2D eigenvalue weighted by molar-refractivity contribution is 5.92. The molecule has 1 amide bonds. The van der Waals surface area contributed by atoms with E-state index >= 15 is 0 Å². The van der Waals surface area contributed by atoms with Gasteiger partial charge in [-0.25, -0.2) is 0 Å². The van der Waals surface area contributed by atoms with Crippen LogP contribution in [-0.4, -0.2) is 42.3 Å². The molecule has 0 bridgehead atoms. The average molecular weight is 330 g/mol. The Kier molecular flexibility index (Phi) is 5.32. The zero-order valence-electron chi connectivity index (χ0n) is 13.7. The van der Waals surface area contributed by atoms with E-state index < -0.39 is 0 Å². The van der Waals surface area contributed by atoms with Crippen LogP contribution in [0.4, 0.5) is 0 Å². The molecule has 128 valence electrons. The molecule has 1 aromatic heterocycles. The van der Waals surface area contributed by atoms with Crippen LogP contribution in [0.3, 0.4) is 0 Å². The molecule has 0 saturated carbocycles. The summed E-state index contributed by atoms with van der Waals surface area (Å²) in [5.41, 5.74) is 1.12. The maximum Gasteiger partial charge on any atom is 0.272 e. The molecular formula is C17H22N4O3. The molecule has 7 nitrogen and oxygen atoms in total. The lowest BCUT2D eigenvalue weighted by atomic mass is 10.1. The van der Waals surface area contributed by atoms with Gasteiger partial charge in [-0.05, 0) is 37.6 Å². The van der Waals surface area contributed by atoms with Crippen LogP contribution in [0.15, 0.2) is 30.3 Å². The van der Waals surface area contributed by atoms with Crippen LogP contribution in [0.1, 0.15) is 29.0 Å². The number of piperidine rings is 1. The van der Waals surface area contributed by atoms with Gasteiger partial charge >= 0.3 is 0 Å². The summed E-state index contributed by atoms with van der Waals surface area (Å²) in [5, 5.41) is 13.2. The first-order valence-corrected chi connectivity index (χ1v) is 8.07. The van der Waals surface area contributed by atoms with Crippen molar-refractivity contribution in [2.75, 3.05) is 20.2 Å². The molecule has 3 N–H and O–H groups in total. The summed E-state index contributed by atoms with van der Waals surface area (Å²) in [6, 6.07) is 9.25. The molecule has 0 aliphatic carbocycles. The summed E-state index contributed by atoms with van der Waals surface area (Å²) >= 11 is 0. The predicted molar refractivity (Wildman–Crippen MR) is 89.3 cm³/mol. The summed E-state index contributed by atoms with van der Waals surface area (Å²) < 4.78 is 10.8. The Bertz CT molecular complexity index is 680. The van der Waals surface area contributed by atoms with Crippen molar-refractivity contribution in [3.63, 3.8) is 0 Å². The molecule has 2 aromatic rings. The van der Waals surface area contributed by atoms with Gasteiger partial charge < -0.3 is 20.1 Å². The van der Waals surface area contributed by atoms with Crippen LogP contribution in [0.2, 0.25) is 0 Å². The number of amides is 1. The molecule has 1 aliphatic rings. The summed E-state index contributed by atoms with van der Waals surface area (Å²) in [7, 11) is 1.61. The number of aromatic nitrogens is 2. The second kappa shape index (κ2) is 7.83. The topological polar surface area (TPSA) is 88.3 Å². The number of methoxy groups -OCH3 is 1. The summed E-state index contributed by atoms with van der Waals surface area (Å²) in [4.78, 5) is 12.2. The number of rotatable bonds is 6. The molecule has 1 aliphatic heterocycles. The second-order valence-electron chi connectivity index (χ2n) is 5.76. The third-order valence-corrected chi connectivity index (χ3v) is 3.93. The zero-order chi connectivity index (χ0) is 16.8. The summed E-state index contributed by atoms with van der Waals surface area (Å²) in [6.45, 7) is 2.13. The van der Waals surface area contributed by atoms with Crippen LogP contribution in [0, 0.1) is 0 Å². The lowest BCUT2D eigenvalue weighted by Crippen LogP contribution is -2.45. The normalized spacial score (nSPS) is 17.3. The van der Waals surface area contributed by atoms with Gasteiger partial charge in [0.1, 0.15) is 23.8 Å². The van der Waals surface area contributed by atoms with E-state index in [1.807, 2.05) is 18.2 Å². The molecule has 1 fully saturated rings. The number of H-pyrrole nitrogens is 1. The number of nitrogens with one attached hydrogen (secondary N) is 3. The van der Waals surface area contributed by atoms with Crippen molar-refractivity contribution < 1.29 is 14.3 Å². The smallest absolute Gasteiger partial charge is 0.272 e. The van der Waals surface area contributed by atoms with Crippen molar-refractivity contribution >= 4 is 5.91 Å². The Morgan fingerprint density at radius 1 is 1.38 bits per heavy atom. The van der Waals surface area contributed by atoms with Crippen molar-refractivity contribution in [3.8, 4) is 11.5 Å². The minimum atomic E-state index is -0.160. The van der Waals surface area contributed by atoms with Gasteiger partial charge in [0.15, 0.2) is 0 Å². The fourth-order valence-electron chi connectivity index (χ4n) is 2.64. The molecule has 0 spiro atoms. The van der Waals surface area contributed by atoms with Gasteiger partial charge in [0.05, 0.1) is 12.8 Å². The van der Waals surface area contributed by atoms with Crippen molar-refractivity contribution in [2.45, 2.75) is 25.5 Å². The van der Waals surface area contributed by atoms with E-state index in [4.69, 9.17) is 9.47 Å². The van der Waals surface area contributed by atoms with Crippen molar-refractivity contribution in [1.29, 1.82) is 0 Å². The van der Waals surface area contributed by atoms with E-state index in [9.17, 15) is 4.79 Å². The lowest BCUT2D eigenvalue weighted by Gasteiger charge is -2.23. The molecule has 24 heavy (non-hydrogen) atoms. The lowest BCUT2D eigenvalue weighted by molar-refractivity contribution is 0.0925. The van der Waals surface area contributed by atoms with Crippen LogP contribution in [0.5, 0.6) is 11.5 Å². The van der Waals surface area contributed by atoms with Gasteiger partial charge in [-0.1, -0.05) is 6.07 Å². The first-order valence-electron chi connectivity index (χ1n) is 8.07. The highest BCUT2D eigenvalue weighted by atomic mass is 16.5. The molecule has 7 heteroatoms. The fourth-order valence-corrected chi connectivity index (χ4v) is 2.64. The third kappa shape index (κ3) is 4.26. The Balaban J connectivity index is 1.53. The van der Waals surface area contributed by atoms with Gasteiger partial charge in [0, 0.05) is 18.7 Å². The van der Waals surface area contributed by atoms with Crippen LogP contribution < -0.4 is 20.1 Å². The first kappa shape index (κ1) is 16.3. The first-order chi connectivity index (χ1) is 11.7. The quantitative estimate of drug-likeness (QED) is 0.747. The summed E-state index contributed by atoms with van der Waals surface area (Å²) in [6.07, 6.45) is 2.07. The Hall–Kier alpha value is -2.54. The molecule has 1 atom stereocenters. The Labute approximate surface area is 140 Å². The fraction of sp³-hybridized carbons (Fsp3) is 0.412. The monoisotopic (exact) mass is 330 g/mol. The third-order valence-electron chi connectivity index (χ3n) is 3.93. The van der Waals surface area contributed by atoms with Crippen molar-refractivity contribution in [3.05, 3.63) is 41.7 Å². The van der Waals surface area contributed by atoms with Crippen LogP contribution in [0.25, 0.3) is 0 Å². The van der Waals surface area contributed by atoms with E-state index in [-0.39, 0.29) is 11.9 Å². The number of hydrogen-bond acceptors (Lipinski definition) is 5. The molecular weight excluding hydrogens is 308 g/mol. The minimum Gasteiger partial charge on any atom is -0.497 e. The molecule has 1 aromatic carbocycles. The number of carbonyl (C=O) groups is 1. The number of ether oxygens (including phenoxy) is 2.